The number of aromatic nitrogens is 1. The van der Waals surface area contributed by atoms with Crippen molar-refractivity contribution in [1.82, 2.24) is 4.57 Å². The van der Waals surface area contributed by atoms with E-state index in [1.54, 1.807) is 30.3 Å². The smallest absolute Gasteiger partial charge is 0.323 e. The lowest BCUT2D eigenvalue weighted by atomic mass is 10.1. The highest BCUT2D eigenvalue weighted by Crippen LogP contribution is 2.21. The Balaban J connectivity index is 1.86. The first-order valence-corrected chi connectivity index (χ1v) is 7.73. The second-order valence-electron chi connectivity index (χ2n) is 5.44. The first-order valence-electron chi connectivity index (χ1n) is 7.35. The van der Waals surface area contributed by atoms with Gasteiger partial charge in [-0.2, -0.15) is 0 Å². The normalized spacial score (nSPS) is 10.6. The molecule has 25 heavy (non-hydrogen) atoms. The fourth-order valence-corrected chi connectivity index (χ4v) is 2.62. The van der Waals surface area contributed by atoms with Crippen LogP contribution in [0.4, 0.5) is 5.69 Å². The largest absolute Gasteiger partial charge is 0.480 e. The molecule has 0 aliphatic carbocycles. The number of anilines is 1. The first-order chi connectivity index (χ1) is 11.9. The Kier molecular flexibility index (Phi) is 4.54. The van der Waals surface area contributed by atoms with Gasteiger partial charge in [0.2, 0.25) is 0 Å². The van der Waals surface area contributed by atoms with E-state index in [0.717, 1.165) is 15.3 Å². The van der Waals surface area contributed by atoms with Crippen LogP contribution in [0.25, 0.3) is 10.8 Å². The molecule has 0 bridgehead atoms. The van der Waals surface area contributed by atoms with E-state index in [2.05, 4.69) is 5.32 Å². The van der Waals surface area contributed by atoms with Gasteiger partial charge in [-0.3, -0.25) is 14.4 Å². The summed E-state index contributed by atoms with van der Waals surface area (Å²) in [4.78, 5) is 34.8. The lowest BCUT2D eigenvalue weighted by molar-refractivity contribution is -0.137. The monoisotopic (exact) mass is 356 g/mol. The molecule has 0 aliphatic rings. The number of halogens is 1. The van der Waals surface area contributed by atoms with Gasteiger partial charge in [-0.15, -0.1) is 0 Å². The Hall–Kier alpha value is -3.12. The quantitative estimate of drug-likeness (QED) is 0.752. The fraction of sp³-hybridized carbons (Fsp3) is 0.0556. The molecule has 0 spiro atoms. The lowest BCUT2D eigenvalue weighted by Crippen LogP contribution is -2.24. The van der Waals surface area contributed by atoms with E-state index < -0.39 is 18.1 Å². The number of carboxylic acid groups (broad SMARTS) is 1. The predicted octanol–water partition coefficient (Wildman–Crippen LogP) is 2.99. The van der Waals surface area contributed by atoms with Crippen LogP contribution in [0.1, 0.15) is 10.4 Å². The summed E-state index contributed by atoms with van der Waals surface area (Å²) < 4.78 is 1.01. The topological polar surface area (TPSA) is 88.4 Å². The van der Waals surface area contributed by atoms with Gasteiger partial charge in [0, 0.05) is 22.8 Å². The number of carboxylic acids is 1. The van der Waals surface area contributed by atoms with Gasteiger partial charge in [0.15, 0.2) is 0 Å². The van der Waals surface area contributed by atoms with Crippen molar-refractivity contribution in [1.29, 1.82) is 0 Å². The van der Waals surface area contributed by atoms with Crippen molar-refractivity contribution in [3.8, 4) is 0 Å². The highest BCUT2D eigenvalue weighted by Gasteiger charge is 2.09. The molecule has 126 valence electrons. The van der Waals surface area contributed by atoms with Crippen molar-refractivity contribution in [3.63, 3.8) is 0 Å². The number of hydrogen-bond acceptors (Lipinski definition) is 3. The molecule has 0 atom stereocenters. The molecule has 1 heterocycles. The van der Waals surface area contributed by atoms with Gasteiger partial charge >= 0.3 is 5.97 Å². The van der Waals surface area contributed by atoms with Crippen LogP contribution in [0, 0.1) is 0 Å². The third kappa shape index (κ3) is 3.87. The number of nitrogens with zero attached hydrogens (tertiary/aromatic N) is 1. The van der Waals surface area contributed by atoms with Crippen LogP contribution < -0.4 is 10.9 Å². The Bertz CT molecular complexity index is 1040. The minimum atomic E-state index is -1.14. The SMILES string of the molecule is O=C(O)Cn1cc(NC(=O)c2ccc3cc(Cl)ccc3c2)ccc1=O. The van der Waals surface area contributed by atoms with Gasteiger partial charge in [-0.1, -0.05) is 23.7 Å². The van der Waals surface area contributed by atoms with Crippen molar-refractivity contribution >= 4 is 39.9 Å². The Labute approximate surface area is 147 Å². The van der Waals surface area contributed by atoms with Crippen molar-refractivity contribution in [3.05, 3.63) is 75.7 Å². The average Bonchev–Trinajstić information content (AvgIpc) is 2.57. The minimum absolute atomic E-state index is 0.335. The second kappa shape index (κ2) is 6.78. The van der Waals surface area contributed by atoms with Crippen LogP contribution in [-0.2, 0) is 11.3 Å². The van der Waals surface area contributed by atoms with Gasteiger partial charge in [0.05, 0.1) is 5.69 Å². The number of benzene rings is 2. The van der Waals surface area contributed by atoms with E-state index in [4.69, 9.17) is 16.7 Å². The molecule has 1 aromatic heterocycles. The van der Waals surface area contributed by atoms with Gasteiger partial charge in [0.25, 0.3) is 11.5 Å². The maximum Gasteiger partial charge on any atom is 0.323 e. The predicted molar refractivity (Wildman–Crippen MR) is 95.2 cm³/mol. The van der Waals surface area contributed by atoms with Crippen LogP contribution in [0.15, 0.2) is 59.5 Å². The summed E-state index contributed by atoms with van der Waals surface area (Å²) >= 11 is 5.94. The van der Waals surface area contributed by atoms with Crippen molar-refractivity contribution in [2.45, 2.75) is 6.54 Å². The van der Waals surface area contributed by atoms with Gasteiger partial charge in [0.1, 0.15) is 6.54 Å². The molecule has 0 fully saturated rings. The number of pyridine rings is 1. The molecule has 0 unspecified atom stereocenters. The summed E-state index contributed by atoms with van der Waals surface area (Å²) in [6.45, 7) is -0.473. The van der Waals surface area contributed by atoms with E-state index in [1.807, 2.05) is 6.07 Å². The first kappa shape index (κ1) is 16.7. The fourth-order valence-electron chi connectivity index (χ4n) is 2.44. The molecular weight excluding hydrogens is 344 g/mol. The molecule has 0 saturated carbocycles. The molecule has 6 nitrogen and oxygen atoms in total. The molecule has 0 saturated heterocycles. The summed E-state index contributed by atoms with van der Waals surface area (Å²) in [5.41, 5.74) is 0.316. The standard InChI is InChI=1S/C18H13ClN2O4/c19-14-4-3-11-7-13(2-1-12(11)8-14)18(25)20-15-5-6-16(22)21(9-15)10-17(23)24/h1-9H,10H2,(H,20,25)(H,23,24). The van der Waals surface area contributed by atoms with Crippen molar-refractivity contribution in [2.24, 2.45) is 0 Å². The molecule has 0 radical (unpaired) electrons. The molecule has 2 aromatic carbocycles. The second-order valence-corrected chi connectivity index (χ2v) is 5.87. The van der Waals surface area contributed by atoms with Crippen LogP contribution in [0.2, 0.25) is 5.02 Å². The van der Waals surface area contributed by atoms with Crippen LogP contribution in [0.3, 0.4) is 0 Å². The van der Waals surface area contributed by atoms with Crippen molar-refractivity contribution < 1.29 is 14.7 Å². The lowest BCUT2D eigenvalue weighted by Gasteiger charge is -2.09. The summed E-state index contributed by atoms with van der Waals surface area (Å²) in [6, 6.07) is 13.2. The Morgan fingerprint density at radius 3 is 2.52 bits per heavy atom. The van der Waals surface area contributed by atoms with E-state index in [9.17, 15) is 14.4 Å². The number of rotatable bonds is 4. The summed E-state index contributed by atoms with van der Waals surface area (Å²) in [6.07, 6.45) is 1.30. The van der Waals surface area contributed by atoms with Gasteiger partial charge in [-0.25, -0.2) is 0 Å². The molecule has 0 aliphatic heterocycles. The van der Waals surface area contributed by atoms with E-state index in [-0.39, 0.29) is 5.91 Å². The minimum Gasteiger partial charge on any atom is -0.480 e. The van der Waals surface area contributed by atoms with Crippen LogP contribution in [0.5, 0.6) is 0 Å². The third-order valence-electron chi connectivity index (χ3n) is 3.61. The molecule has 3 rings (SSSR count). The summed E-state index contributed by atoms with van der Waals surface area (Å²) in [5.74, 6) is -1.50. The number of amides is 1. The average molecular weight is 357 g/mol. The Morgan fingerprint density at radius 1 is 1.04 bits per heavy atom. The van der Waals surface area contributed by atoms with Gasteiger partial charge < -0.3 is 15.0 Å². The number of carbonyl (C=O) groups excluding carboxylic acids is 1. The van der Waals surface area contributed by atoms with Crippen molar-refractivity contribution in [2.75, 3.05) is 5.32 Å². The Morgan fingerprint density at radius 2 is 1.76 bits per heavy atom. The number of nitrogens with one attached hydrogen (secondary N) is 1. The summed E-state index contributed by atoms with van der Waals surface area (Å²) in [7, 11) is 0. The van der Waals surface area contributed by atoms with Gasteiger partial charge in [-0.05, 0) is 41.1 Å². The van der Waals surface area contributed by atoms with E-state index in [0.29, 0.717) is 16.3 Å². The highest BCUT2D eigenvalue weighted by atomic mass is 35.5. The van der Waals surface area contributed by atoms with Crippen LogP contribution in [-0.4, -0.2) is 21.6 Å². The zero-order valence-electron chi connectivity index (χ0n) is 12.9. The number of hydrogen-bond donors (Lipinski definition) is 2. The molecule has 1 amide bonds. The van der Waals surface area contributed by atoms with E-state index in [1.165, 1.54) is 18.3 Å². The maximum absolute atomic E-state index is 12.4. The molecule has 3 aromatic rings. The molecule has 2 N–H and O–H groups in total. The zero-order chi connectivity index (χ0) is 18.0. The third-order valence-corrected chi connectivity index (χ3v) is 3.85. The van der Waals surface area contributed by atoms with Crippen LogP contribution >= 0.6 is 11.6 Å². The maximum atomic E-state index is 12.4. The number of carbonyl (C=O) groups is 2. The van der Waals surface area contributed by atoms with E-state index >= 15 is 0 Å². The summed E-state index contributed by atoms with van der Waals surface area (Å²) in [5, 5.41) is 13.9. The molecular formula is C18H13ClN2O4. The number of fused-ring (bicyclic) bond motifs is 1. The highest BCUT2D eigenvalue weighted by molar-refractivity contribution is 6.31. The number of aliphatic carboxylic acids is 1. The molecule has 7 heteroatoms. The zero-order valence-corrected chi connectivity index (χ0v) is 13.7.